The molecule has 0 aliphatic rings. The van der Waals surface area contributed by atoms with E-state index in [0.29, 0.717) is 90.0 Å². The topological polar surface area (TPSA) is 228 Å². The molecule has 1 rings (SSSR count). The second-order valence-corrected chi connectivity index (χ2v) is 13.7. The summed E-state index contributed by atoms with van der Waals surface area (Å²) in [4.78, 5) is 59.3. The highest BCUT2D eigenvalue weighted by Crippen LogP contribution is 2.13. The summed E-state index contributed by atoms with van der Waals surface area (Å²) in [5.41, 5.74) is 1.70. The molecule has 55 heavy (non-hydrogen) atoms. The van der Waals surface area contributed by atoms with Gasteiger partial charge < -0.3 is 31.9 Å². The third kappa shape index (κ3) is 25.5. The molecule has 0 atom stereocenters. The number of nitrogens with one attached hydrogen (secondary N) is 6. The van der Waals surface area contributed by atoms with Crippen molar-refractivity contribution in [2.24, 2.45) is 0 Å². The van der Waals surface area contributed by atoms with Gasteiger partial charge in [0.15, 0.2) is 10.2 Å². The lowest BCUT2D eigenvalue weighted by Crippen LogP contribution is -2.31. The minimum atomic E-state index is -0.558. The maximum atomic E-state index is 12.2. The van der Waals surface area contributed by atoms with Gasteiger partial charge in [-0.25, -0.2) is 15.2 Å². The number of hydroxylamine groups is 6. The van der Waals surface area contributed by atoms with E-state index >= 15 is 0 Å². The summed E-state index contributed by atoms with van der Waals surface area (Å²) in [6.45, 7) is 6.04. The highest BCUT2D eigenvalue weighted by Gasteiger charge is 2.14. The normalized spacial score (nSPS) is 10.5. The predicted molar refractivity (Wildman–Crippen MR) is 217 cm³/mol. The molecule has 0 bridgehead atoms. The number of rotatable bonds is 28. The van der Waals surface area contributed by atoms with Crippen molar-refractivity contribution < 1.29 is 39.6 Å². The molecule has 0 radical (unpaired) electrons. The molecule has 0 unspecified atom stereocenters. The van der Waals surface area contributed by atoms with Crippen LogP contribution < -0.4 is 31.9 Å². The number of hydrogen-bond acceptors (Lipinski definition) is 10. The largest absolute Gasteiger partial charge is 0.362 e. The van der Waals surface area contributed by atoms with Crippen LogP contribution in [-0.2, 0) is 24.0 Å². The molecule has 0 aliphatic heterocycles. The van der Waals surface area contributed by atoms with E-state index in [1.165, 1.54) is 6.92 Å². The first-order valence-corrected chi connectivity index (χ1v) is 19.8. The molecule has 0 aliphatic carbocycles. The van der Waals surface area contributed by atoms with E-state index in [4.69, 9.17) is 24.4 Å². The summed E-state index contributed by atoms with van der Waals surface area (Å²) in [6, 6.07) is 7.59. The van der Waals surface area contributed by atoms with Crippen LogP contribution in [0.1, 0.15) is 104 Å². The molecule has 1 aromatic rings. The van der Waals surface area contributed by atoms with Crippen LogP contribution in [-0.4, -0.2) is 116 Å². The molecule has 0 saturated heterocycles. The molecule has 0 heterocycles. The summed E-state index contributed by atoms with van der Waals surface area (Å²) in [7, 11) is 0. The molecule has 5 amide bonds. The second kappa shape index (κ2) is 30.1. The highest BCUT2D eigenvalue weighted by atomic mass is 32.1. The number of anilines is 2. The number of amides is 5. The second-order valence-electron chi connectivity index (χ2n) is 12.9. The van der Waals surface area contributed by atoms with E-state index < -0.39 is 17.7 Å². The van der Waals surface area contributed by atoms with Gasteiger partial charge in [0.25, 0.3) is 0 Å². The summed E-state index contributed by atoms with van der Waals surface area (Å²) in [6.07, 6.45) is 6.47. The summed E-state index contributed by atoms with van der Waals surface area (Å²) >= 11 is 10.6. The van der Waals surface area contributed by atoms with Gasteiger partial charge in [0, 0.05) is 89.8 Å². The van der Waals surface area contributed by atoms with Crippen molar-refractivity contribution in [3.05, 3.63) is 24.3 Å². The van der Waals surface area contributed by atoms with Gasteiger partial charge in [0.1, 0.15) is 0 Å². The Morgan fingerprint density at radius 2 is 0.891 bits per heavy atom. The monoisotopic (exact) mass is 811 g/mol. The lowest BCUT2D eigenvalue weighted by molar-refractivity contribution is -0.166. The summed E-state index contributed by atoms with van der Waals surface area (Å²) in [5.74, 6) is -2.12. The van der Waals surface area contributed by atoms with Crippen LogP contribution in [0.15, 0.2) is 24.3 Å². The summed E-state index contributed by atoms with van der Waals surface area (Å²) in [5, 5.41) is 50.2. The van der Waals surface area contributed by atoms with Crippen LogP contribution in [0, 0.1) is 0 Å². The Morgan fingerprint density at radius 1 is 0.527 bits per heavy atom. The van der Waals surface area contributed by atoms with E-state index in [0.717, 1.165) is 37.2 Å². The zero-order valence-electron chi connectivity index (χ0n) is 32.2. The molecule has 310 valence electrons. The number of carbonyl (C=O) groups excluding carboxylic acids is 5. The van der Waals surface area contributed by atoms with Crippen LogP contribution >= 0.6 is 24.4 Å². The first kappa shape index (κ1) is 48.8. The minimum Gasteiger partial charge on any atom is -0.362 e. The van der Waals surface area contributed by atoms with Crippen molar-refractivity contribution >= 4 is 75.6 Å². The molecule has 1 aromatic carbocycles. The Hall–Kier alpha value is -4.17. The fourth-order valence-electron chi connectivity index (χ4n) is 4.86. The molecule has 9 N–H and O–H groups in total. The molecule has 19 heteroatoms. The lowest BCUT2D eigenvalue weighted by atomic mass is 10.2. The molecular weight excluding hydrogens is 751 g/mol. The van der Waals surface area contributed by atoms with Gasteiger partial charge in [-0.05, 0) is 113 Å². The third-order valence-electron chi connectivity index (χ3n) is 8.08. The first-order valence-electron chi connectivity index (χ1n) is 19.0. The van der Waals surface area contributed by atoms with Gasteiger partial charge in [-0.15, -0.1) is 0 Å². The molecule has 0 fully saturated rings. The van der Waals surface area contributed by atoms with Crippen molar-refractivity contribution in [3.8, 4) is 0 Å². The maximum absolute atomic E-state index is 12.2. The molecule has 17 nitrogen and oxygen atoms in total. The molecule has 0 saturated carbocycles. The number of thiocarbonyl (C=S) groups is 2. The van der Waals surface area contributed by atoms with Crippen LogP contribution in [0.5, 0.6) is 0 Å². The zero-order valence-corrected chi connectivity index (χ0v) is 33.8. The average Bonchev–Trinajstić information content (AvgIpc) is 3.16. The number of unbranched alkanes of at least 4 members (excludes halogenated alkanes) is 6. The van der Waals surface area contributed by atoms with Gasteiger partial charge in [0.05, 0.1) is 0 Å². The average molecular weight is 812 g/mol. The quantitative estimate of drug-likeness (QED) is 0.0255. The van der Waals surface area contributed by atoms with Gasteiger partial charge >= 0.3 is 0 Å². The predicted octanol–water partition coefficient (Wildman–Crippen LogP) is 3.65. The van der Waals surface area contributed by atoms with Gasteiger partial charge in [-0.2, -0.15) is 0 Å². The number of carbonyl (C=O) groups is 5. The number of nitrogens with zero attached hydrogens (tertiary/aromatic N) is 3. The van der Waals surface area contributed by atoms with Crippen molar-refractivity contribution in [2.75, 3.05) is 56.4 Å². The Morgan fingerprint density at radius 3 is 1.27 bits per heavy atom. The standard InChI is InChI=1S/C36H61N9O8S2/c1-3-21-39-35(54)41-29-13-15-30(16-14-29)42-36(55)40-24-9-6-12-27-45(53)34(50)20-18-32(48)38-23-8-5-11-26-44(52)33(49)19-17-31(47)37-22-7-4-10-25-43(51)28(2)46/h13-16,51-53H,3-12,17-27H2,1-2H3,(H,37,47)(H,38,48)(H2,39,41,54)(H2,40,42,55). The van der Waals surface area contributed by atoms with E-state index in [1.54, 1.807) is 0 Å². The van der Waals surface area contributed by atoms with Crippen molar-refractivity contribution in [3.63, 3.8) is 0 Å². The Bertz CT molecular complexity index is 1340. The number of hydrogen-bond donors (Lipinski definition) is 9. The third-order valence-corrected chi connectivity index (χ3v) is 8.57. The fraction of sp³-hybridized carbons (Fsp3) is 0.639. The SMILES string of the molecule is CCCNC(=S)Nc1ccc(NC(=S)NCCCCCN(O)C(=O)CCC(=O)NCCCCCN(O)C(=O)CCC(=O)NCCCCCN(O)C(C)=O)cc1. The Labute approximate surface area is 335 Å². The van der Waals surface area contributed by atoms with Crippen LogP contribution in [0.4, 0.5) is 11.4 Å². The molecular formula is C36H61N9O8S2. The fourth-order valence-corrected chi connectivity index (χ4v) is 5.30. The Kier molecular flexibility index (Phi) is 26.7. The number of benzene rings is 1. The summed E-state index contributed by atoms with van der Waals surface area (Å²) < 4.78 is 0. The highest BCUT2D eigenvalue weighted by molar-refractivity contribution is 7.80. The van der Waals surface area contributed by atoms with Crippen molar-refractivity contribution in [2.45, 2.75) is 104 Å². The van der Waals surface area contributed by atoms with Crippen LogP contribution in [0.3, 0.4) is 0 Å². The van der Waals surface area contributed by atoms with E-state index in [1.807, 2.05) is 24.3 Å². The molecule has 0 spiro atoms. The van der Waals surface area contributed by atoms with E-state index in [9.17, 15) is 39.6 Å². The zero-order chi connectivity index (χ0) is 40.8. The van der Waals surface area contributed by atoms with Gasteiger partial charge in [-0.3, -0.25) is 39.6 Å². The maximum Gasteiger partial charge on any atom is 0.246 e. The van der Waals surface area contributed by atoms with Gasteiger partial charge in [-0.1, -0.05) is 6.92 Å². The first-order chi connectivity index (χ1) is 26.3. The van der Waals surface area contributed by atoms with E-state index in [2.05, 4.69) is 38.8 Å². The van der Waals surface area contributed by atoms with Crippen LogP contribution in [0.25, 0.3) is 0 Å². The Balaban J connectivity index is 2.03. The minimum absolute atomic E-state index is 0.0521. The molecule has 0 aromatic heterocycles. The van der Waals surface area contributed by atoms with Gasteiger partial charge in [0.2, 0.25) is 29.5 Å². The van der Waals surface area contributed by atoms with Crippen LogP contribution in [0.2, 0.25) is 0 Å². The van der Waals surface area contributed by atoms with Crippen molar-refractivity contribution in [1.82, 2.24) is 36.5 Å². The van der Waals surface area contributed by atoms with Crippen molar-refractivity contribution in [1.29, 1.82) is 0 Å². The smallest absolute Gasteiger partial charge is 0.246 e. The lowest BCUT2D eigenvalue weighted by Gasteiger charge is -2.15. The van der Waals surface area contributed by atoms with E-state index in [-0.39, 0.29) is 57.1 Å².